The van der Waals surface area contributed by atoms with E-state index < -0.39 is 0 Å². The zero-order valence-corrected chi connectivity index (χ0v) is 16.9. The van der Waals surface area contributed by atoms with Crippen molar-refractivity contribution in [2.24, 2.45) is 35.0 Å². The van der Waals surface area contributed by atoms with Gasteiger partial charge in [-0.3, -0.25) is 9.59 Å². The average molecular weight is 377 g/mol. The standard InChI is InChI=1S/C23H33ClO2/c1-23-11-10-19-18-7-6-17(25)14-16(18)13-15(5-3-2-4-12-24)22(19)20(23)8-9-21(23)26/h14-15,18-20,22H,2-13H2,1H3/t15?,18-,19+,20-,22+,23-/m0/s1. The Balaban J connectivity index is 1.60. The molecule has 0 N–H and O–H groups in total. The van der Waals surface area contributed by atoms with Crippen LogP contribution in [0.15, 0.2) is 11.6 Å². The molecule has 3 heteroatoms. The number of hydrogen-bond donors (Lipinski definition) is 0. The van der Waals surface area contributed by atoms with Gasteiger partial charge in [0.25, 0.3) is 0 Å². The van der Waals surface area contributed by atoms with Crippen LogP contribution in [0.5, 0.6) is 0 Å². The van der Waals surface area contributed by atoms with Crippen LogP contribution in [0.2, 0.25) is 0 Å². The molecule has 26 heavy (non-hydrogen) atoms. The fourth-order valence-electron chi connectivity index (χ4n) is 7.12. The maximum atomic E-state index is 12.7. The fraction of sp³-hybridized carbons (Fsp3) is 0.826. The van der Waals surface area contributed by atoms with E-state index in [1.165, 1.54) is 31.3 Å². The van der Waals surface area contributed by atoms with E-state index in [4.69, 9.17) is 11.6 Å². The summed E-state index contributed by atoms with van der Waals surface area (Å²) in [4.78, 5) is 24.7. The first kappa shape index (κ1) is 18.7. The van der Waals surface area contributed by atoms with E-state index in [-0.39, 0.29) is 5.41 Å². The summed E-state index contributed by atoms with van der Waals surface area (Å²) in [5.41, 5.74) is 1.40. The summed E-state index contributed by atoms with van der Waals surface area (Å²) in [6.07, 6.45) is 13.9. The van der Waals surface area contributed by atoms with Gasteiger partial charge in [-0.05, 0) is 80.6 Å². The van der Waals surface area contributed by atoms with Crippen LogP contribution in [-0.2, 0) is 9.59 Å². The number of ketones is 2. The smallest absolute Gasteiger partial charge is 0.155 e. The fourth-order valence-corrected chi connectivity index (χ4v) is 7.31. The van der Waals surface area contributed by atoms with Crippen molar-refractivity contribution in [2.45, 2.75) is 77.6 Å². The Morgan fingerprint density at radius 3 is 2.77 bits per heavy atom. The topological polar surface area (TPSA) is 34.1 Å². The molecule has 0 saturated heterocycles. The monoisotopic (exact) mass is 376 g/mol. The largest absolute Gasteiger partial charge is 0.299 e. The lowest BCUT2D eigenvalue weighted by Crippen LogP contribution is -2.50. The molecule has 0 heterocycles. The molecule has 3 saturated carbocycles. The van der Waals surface area contributed by atoms with E-state index >= 15 is 0 Å². The van der Waals surface area contributed by atoms with Gasteiger partial charge in [-0.1, -0.05) is 25.3 Å². The minimum atomic E-state index is -0.0543. The Labute approximate surface area is 163 Å². The second kappa shape index (κ2) is 7.41. The highest BCUT2D eigenvalue weighted by Crippen LogP contribution is 2.62. The summed E-state index contributed by atoms with van der Waals surface area (Å²) >= 11 is 5.86. The average Bonchev–Trinajstić information content (AvgIpc) is 2.93. The third kappa shape index (κ3) is 3.11. The molecule has 6 atom stereocenters. The van der Waals surface area contributed by atoms with Crippen LogP contribution in [0, 0.1) is 35.0 Å². The third-order valence-corrected chi connectivity index (χ3v) is 8.65. The van der Waals surface area contributed by atoms with Crippen LogP contribution >= 0.6 is 11.6 Å². The minimum Gasteiger partial charge on any atom is -0.299 e. The lowest BCUT2D eigenvalue weighted by Gasteiger charge is -2.55. The molecule has 4 aliphatic carbocycles. The first-order valence-electron chi connectivity index (χ1n) is 10.9. The van der Waals surface area contributed by atoms with E-state index in [9.17, 15) is 9.59 Å². The van der Waals surface area contributed by atoms with Crippen molar-refractivity contribution < 1.29 is 9.59 Å². The van der Waals surface area contributed by atoms with Crippen molar-refractivity contribution in [1.29, 1.82) is 0 Å². The number of unbranched alkanes of at least 4 members (excludes halogenated alkanes) is 2. The van der Waals surface area contributed by atoms with Crippen LogP contribution in [0.1, 0.15) is 77.6 Å². The van der Waals surface area contributed by atoms with Crippen LogP contribution in [0.4, 0.5) is 0 Å². The molecular formula is C23H33ClO2. The minimum absolute atomic E-state index is 0.0543. The van der Waals surface area contributed by atoms with Gasteiger partial charge < -0.3 is 0 Å². The van der Waals surface area contributed by atoms with E-state index in [0.717, 1.165) is 50.8 Å². The normalized spacial score (nSPS) is 42.1. The molecule has 4 aliphatic rings. The summed E-state index contributed by atoms with van der Waals surface area (Å²) in [5, 5.41) is 0. The SMILES string of the molecule is C[C@]12CC[C@H]3[C@@H](C(CCCCCCl)CC4=CC(=O)CC[C@@H]43)[C@@H]1CCC2=O. The van der Waals surface area contributed by atoms with Crippen LogP contribution in [0.3, 0.4) is 0 Å². The van der Waals surface area contributed by atoms with Gasteiger partial charge in [0.05, 0.1) is 0 Å². The predicted molar refractivity (Wildman–Crippen MR) is 105 cm³/mol. The zero-order valence-electron chi connectivity index (χ0n) is 16.1. The molecule has 0 spiro atoms. The molecule has 2 nitrogen and oxygen atoms in total. The van der Waals surface area contributed by atoms with Gasteiger partial charge in [0.15, 0.2) is 5.78 Å². The lowest BCUT2D eigenvalue weighted by atomic mass is 9.49. The van der Waals surface area contributed by atoms with Gasteiger partial charge in [-0.25, -0.2) is 0 Å². The van der Waals surface area contributed by atoms with Crippen molar-refractivity contribution >= 4 is 23.2 Å². The van der Waals surface area contributed by atoms with Crippen molar-refractivity contribution in [3.05, 3.63) is 11.6 Å². The maximum Gasteiger partial charge on any atom is 0.155 e. The number of carbonyl (C=O) groups excluding carboxylic acids is 2. The Morgan fingerprint density at radius 1 is 1.12 bits per heavy atom. The van der Waals surface area contributed by atoms with Gasteiger partial charge in [0, 0.05) is 24.1 Å². The van der Waals surface area contributed by atoms with E-state index in [2.05, 4.69) is 6.92 Å². The van der Waals surface area contributed by atoms with Crippen LogP contribution in [-0.4, -0.2) is 17.4 Å². The molecule has 0 aromatic rings. The summed E-state index contributed by atoms with van der Waals surface area (Å²) < 4.78 is 0. The molecule has 3 fully saturated rings. The quantitative estimate of drug-likeness (QED) is 0.454. The first-order chi connectivity index (χ1) is 12.5. The lowest BCUT2D eigenvalue weighted by molar-refractivity contribution is -0.132. The van der Waals surface area contributed by atoms with E-state index in [1.807, 2.05) is 6.08 Å². The Morgan fingerprint density at radius 2 is 1.96 bits per heavy atom. The summed E-state index contributed by atoms with van der Waals surface area (Å²) in [7, 11) is 0. The molecular weight excluding hydrogens is 344 g/mol. The number of allylic oxidation sites excluding steroid dienone is 1. The number of alkyl halides is 1. The summed E-state index contributed by atoms with van der Waals surface area (Å²) in [5.74, 6) is 4.92. The highest BCUT2D eigenvalue weighted by molar-refractivity contribution is 6.17. The molecule has 4 rings (SSSR count). The number of fused-ring (bicyclic) bond motifs is 5. The van der Waals surface area contributed by atoms with Crippen LogP contribution < -0.4 is 0 Å². The Kier molecular flexibility index (Phi) is 5.34. The Bertz CT molecular complexity index is 609. The molecule has 144 valence electrons. The number of rotatable bonds is 5. The van der Waals surface area contributed by atoms with Gasteiger partial charge in [0.1, 0.15) is 5.78 Å². The summed E-state index contributed by atoms with van der Waals surface area (Å²) in [6.45, 7) is 2.27. The van der Waals surface area contributed by atoms with Crippen molar-refractivity contribution in [2.75, 3.05) is 5.88 Å². The van der Waals surface area contributed by atoms with E-state index in [0.29, 0.717) is 41.2 Å². The van der Waals surface area contributed by atoms with Gasteiger partial charge in [-0.2, -0.15) is 0 Å². The molecule has 0 radical (unpaired) electrons. The molecule has 1 unspecified atom stereocenters. The molecule has 0 bridgehead atoms. The number of halogens is 1. The van der Waals surface area contributed by atoms with Gasteiger partial charge >= 0.3 is 0 Å². The second-order valence-electron chi connectivity index (χ2n) is 9.60. The molecule has 0 aliphatic heterocycles. The maximum absolute atomic E-state index is 12.7. The second-order valence-corrected chi connectivity index (χ2v) is 9.98. The van der Waals surface area contributed by atoms with Crippen LogP contribution in [0.25, 0.3) is 0 Å². The number of hydrogen-bond acceptors (Lipinski definition) is 2. The molecule has 0 aromatic carbocycles. The Hall–Kier alpha value is -0.630. The zero-order chi connectivity index (χ0) is 18.3. The van der Waals surface area contributed by atoms with Gasteiger partial charge in [0.2, 0.25) is 0 Å². The highest BCUT2D eigenvalue weighted by atomic mass is 35.5. The predicted octanol–water partition coefficient (Wildman–Crippen LogP) is 5.72. The van der Waals surface area contributed by atoms with Crippen molar-refractivity contribution in [3.63, 3.8) is 0 Å². The highest BCUT2D eigenvalue weighted by Gasteiger charge is 2.58. The molecule has 0 aromatic heterocycles. The summed E-state index contributed by atoms with van der Waals surface area (Å²) in [6, 6.07) is 0. The first-order valence-corrected chi connectivity index (χ1v) is 11.4. The van der Waals surface area contributed by atoms with Crippen molar-refractivity contribution in [1.82, 2.24) is 0 Å². The third-order valence-electron chi connectivity index (χ3n) is 8.39. The number of carbonyl (C=O) groups is 2. The number of Topliss-reactive ketones (excluding diaryl/α,β-unsaturated/α-hetero) is 1. The van der Waals surface area contributed by atoms with E-state index in [1.54, 1.807) is 0 Å². The molecule has 0 amide bonds. The van der Waals surface area contributed by atoms with Crippen molar-refractivity contribution in [3.8, 4) is 0 Å². The van der Waals surface area contributed by atoms with Gasteiger partial charge in [-0.15, -0.1) is 11.6 Å².